The Morgan fingerprint density at radius 2 is 1.83 bits per heavy atom. The normalized spacial score (nSPS) is 41.3. The highest BCUT2D eigenvalue weighted by Gasteiger charge is 2.71. The third-order valence-electron chi connectivity index (χ3n) is 9.31. The maximum absolute atomic E-state index is 13.1. The van der Waals surface area contributed by atoms with Crippen molar-refractivity contribution in [1.82, 2.24) is 0 Å². The lowest BCUT2D eigenvalue weighted by Crippen LogP contribution is -2.74. The van der Waals surface area contributed by atoms with Crippen molar-refractivity contribution in [2.45, 2.75) is 70.4 Å². The lowest BCUT2D eigenvalue weighted by Gasteiger charge is -2.67. The molecule has 0 amide bonds. The highest BCUT2D eigenvalue weighted by molar-refractivity contribution is 5.89. The van der Waals surface area contributed by atoms with Crippen LogP contribution >= 0.6 is 0 Å². The van der Waals surface area contributed by atoms with Crippen molar-refractivity contribution in [3.63, 3.8) is 0 Å². The van der Waals surface area contributed by atoms with Gasteiger partial charge in [0.15, 0.2) is 0 Å². The van der Waals surface area contributed by atoms with Crippen LogP contribution < -0.4 is 0 Å². The summed E-state index contributed by atoms with van der Waals surface area (Å²) in [5.74, 6) is -1.07. The fourth-order valence-corrected chi connectivity index (χ4v) is 6.59. The zero-order chi connectivity index (χ0) is 25.6. The highest BCUT2D eigenvalue weighted by Crippen LogP contribution is 2.66. The standard InChI is InChI=1S/C28H36O7/c1-25(14-13-18-15-23(30)34-17-18)20-11-12-21(29)28(4,33-5)27(20,3)22(16-26(25,2)32)35-24(31)19-9-7-6-8-10-19/h6-10,13-15,20-22,29,32H,11-12,16-17H2,1-5H3. The van der Waals surface area contributed by atoms with Crippen molar-refractivity contribution in [2.24, 2.45) is 16.7 Å². The maximum atomic E-state index is 13.1. The Hall–Kier alpha value is -2.48. The number of aliphatic hydroxyl groups is 2. The van der Waals surface area contributed by atoms with Gasteiger partial charge < -0.3 is 24.4 Å². The summed E-state index contributed by atoms with van der Waals surface area (Å²) in [4.78, 5) is 24.7. The molecule has 0 aromatic heterocycles. The molecule has 0 radical (unpaired) electrons. The molecule has 1 aromatic rings. The zero-order valence-electron chi connectivity index (χ0n) is 21.1. The second kappa shape index (κ2) is 8.87. The molecule has 1 heterocycles. The fourth-order valence-electron chi connectivity index (χ4n) is 6.59. The molecule has 2 saturated carbocycles. The maximum Gasteiger partial charge on any atom is 0.338 e. The first-order valence-electron chi connectivity index (χ1n) is 12.2. The van der Waals surface area contributed by atoms with E-state index < -0.39 is 40.2 Å². The molecule has 7 atom stereocenters. The predicted octanol–water partition coefficient (Wildman–Crippen LogP) is 3.59. The molecule has 4 rings (SSSR count). The molecular formula is C28H36O7. The summed E-state index contributed by atoms with van der Waals surface area (Å²) in [6.07, 6.45) is 4.98. The van der Waals surface area contributed by atoms with Gasteiger partial charge in [-0.1, -0.05) is 44.2 Å². The number of ether oxygens (including phenoxy) is 3. The average Bonchev–Trinajstić information content (AvgIpc) is 3.25. The van der Waals surface area contributed by atoms with Crippen LogP contribution in [0.25, 0.3) is 0 Å². The van der Waals surface area contributed by atoms with E-state index in [2.05, 4.69) is 0 Å². The Balaban J connectivity index is 1.79. The van der Waals surface area contributed by atoms with Crippen molar-refractivity contribution in [3.05, 3.63) is 59.7 Å². The molecule has 0 bridgehead atoms. The van der Waals surface area contributed by atoms with Gasteiger partial charge in [-0.05, 0) is 50.3 Å². The van der Waals surface area contributed by atoms with Gasteiger partial charge >= 0.3 is 11.9 Å². The summed E-state index contributed by atoms with van der Waals surface area (Å²) in [5, 5.41) is 23.0. The monoisotopic (exact) mass is 484 g/mol. The van der Waals surface area contributed by atoms with Crippen LogP contribution in [0, 0.1) is 16.7 Å². The van der Waals surface area contributed by atoms with E-state index in [1.165, 1.54) is 6.08 Å². The number of carbonyl (C=O) groups is 2. The van der Waals surface area contributed by atoms with E-state index in [-0.39, 0.29) is 24.9 Å². The predicted molar refractivity (Wildman–Crippen MR) is 129 cm³/mol. The Bertz CT molecular complexity index is 1040. The summed E-state index contributed by atoms with van der Waals surface area (Å²) in [7, 11) is 1.57. The lowest BCUT2D eigenvalue weighted by atomic mass is 9.41. The summed E-state index contributed by atoms with van der Waals surface area (Å²) in [6, 6.07) is 8.76. The molecule has 2 aliphatic carbocycles. The van der Waals surface area contributed by atoms with Gasteiger partial charge in [0.05, 0.1) is 22.9 Å². The van der Waals surface area contributed by atoms with Gasteiger partial charge in [-0.25, -0.2) is 9.59 Å². The Morgan fingerprint density at radius 1 is 1.14 bits per heavy atom. The quantitative estimate of drug-likeness (QED) is 0.616. The van der Waals surface area contributed by atoms with Crippen LogP contribution in [0.15, 0.2) is 54.1 Å². The van der Waals surface area contributed by atoms with Crippen LogP contribution in [-0.2, 0) is 19.0 Å². The van der Waals surface area contributed by atoms with Gasteiger partial charge in [0, 0.05) is 30.4 Å². The smallest absolute Gasteiger partial charge is 0.338 e. The van der Waals surface area contributed by atoms with E-state index in [0.29, 0.717) is 18.4 Å². The van der Waals surface area contributed by atoms with E-state index in [0.717, 1.165) is 5.57 Å². The molecule has 7 unspecified atom stereocenters. The first-order valence-corrected chi connectivity index (χ1v) is 12.2. The van der Waals surface area contributed by atoms with Crippen molar-refractivity contribution in [2.75, 3.05) is 13.7 Å². The first-order chi connectivity index (χ1) is 16.4. The van der Waals surface area contributed by atoms with E-state index in [9.17, 15) is 19.8 Å². The van der Waals surface area contributed by atoms with Crippen molar-refractivity contribution >= 4 is 11.9 Å². The number of methoxy groups -OCH3 is 1. The number of hydrogen-bond donors (Lipinski definition) is 2. The first kappa shape index (κ1) is 25.6. The molecule has 190 valence electrons. The molecule has 1 aromatic carbocycles. The van der Waals surface area contributed by atoms with Gasteiger partial charge in [0.1, 0.15) is 12.7 Å². The minimum Gasteiger partial charge on any atom is -0.458 e. The summed E-state index contributed by atoms with van der Waals surface area (Å²) in [6.45, 7) is 7.81. The third kappa shape index (κ3) is 3.94. The minimum absolute atomic E-state index is 0.152. The minimum atomic E-state index is -1.25. The van der Waals surface area contributed by atoms with Gasteiger partial charge in [-0.15, -0.1) is 0 Å². The van der Waals surface area contributed by atoms with Gasteiger partial charge in [-0.2, -0.15) is 0 Å². The number of carbonyl (C=O) groups excluding carboxylic acids is 2. The summed E-state index contributed by atoms with van der Waals surface area (Å²) < 4.78 is 17.2. The van der Waals surface area contributed by atoms with Crippen molar-refractivity contribution in [1.29, 1.82) is 0 Å². The Labute approximate surface area is 206 Å². The van der Waals surface area contributed by atoms with E-state index >= 15 is 0 Å². The topological polar surface area (TPSA) is 102 Å². The van der Waals surface area contributed by atoms with Gasteiger partial charge in [0.2, 0.25) is 0 Å². The van der Waals surface area contributed by atoms with Crippen LogP contribution in [0.1, 0.15) is 57.3 Å². The van der Waals surface area contributed by atoms with E-state index in [1.54, 1.807) is 38.3 Å². The Morgan fingerprint density at radius 3 is 2.43 bits per heavy atom. The van der Waals surface area contributed by atoms with Gasteiger partial charge in [-0.3, -0.25) is 0 Å². The number of benzene rings is 1. The molecule has 3 aliphatic rings. The molecule has 0 spiro atoms. The molecule has 2 N–H and O–H groups in total. The number of hydrogen-bond acceptors (Lipinski definition) is 7. The molecule has 1 aliphatic heterocycles. The van der Waals surface area contributed by atoms with Crippen molar-refractivity contribution in [3.8, 4) is 0 Å². The van der Waals surface area contributed by atoms with Crippen LogP contribution in [-0.4, -0.2) is 59.3 Å². The SMILES string of the molecule is COC1(C)C(O)CCC2C(C)(C=CC3=CC(=O)OC3)C(C)(O)CC(OC(=O)c3ccccc3)C21C. The number of rotatable bonds is 5. The van der Waals surface area contributed by atoms with Gasteiger partial charge in [0.25, 0.3) is 0 Å². The molecule has 2 fully saturated rings. The summed E-state index contributed by atoms with van der Waals surface area (Å²) in [5.41, 5.74) is -2.73. The molecule has 0 saturated heterocycles. The fraction of sp³-hybridized carbons (Fsp3) is 0.571. The molecule has 7 heteroatoms. The number of fused-ring (bicyclic) bond motifs is 1. The van der Waals surface area contributed by atoms with Crippen LogP contribution in [0.2, 0.25) is 0 Å². The van der Waals surface area contributed by atoms with Crippen molar-refractivity contribution < 1.29 is 34.0 Å². The van der Waals surface area contributed by atoms with Crippen LogP contribution in [0.3, 0.4) is 0 Å². The average molecular weight is 485 g/mol. The number of cyclic esters (lactones) is 1. The Kier molecular flexibility index (Phi) is 6.49. The zero-order valence-corrected chi connectivity index (χ0v) is 21.1. The number of aliphatic hydroxyl groups excluding tert-OH is 1. The number of esters is 2. The van der Waals surface area contributed by atoms with Crippen LogP contribution in [0.4, 0.5) is 0 Å². The summed E-state index contributed by atoms with van der Waals surface area (Å²) >= 11 is 0. The van der Waals surface area contributed by atoms with Crippen LogP contribution in [0.5, 0.6) is 0 Å². The molecule has 35 heavy (non-hydrogen) atoms. The molecule has 7 nitrogen and oxygen atoms in total. The third-order valence-corrected chi connectivity index (χ3v) is 9.31. The lowest BCUT2D eigenvalue weighted by molar-refractivity contribution is -0.295. The second-order valence-electron chi connectivity index (χ2n) is 10.9. The highest BCUT2D eigenvalue weighted by atomic mass is 16.6. The molecular weight excluding hydrogens is 448 g/mol. The van der Waals surface area contributed by atoms with E-state index in [1.807, 2.05) is 39.0 Å². The van der Waals surface area contributed by atoms with E-state index in [4.69, 9.17) is 14.2 Å². The second-order valence-corrected chi connectivity index (χ2v) is 10.9. The largest absolute Gasteiger partial charge is 0.458 e.